The summed E-state index contributed by atoms with van der Waals surface area (Å²) in [6, 6.07) is 13.2. The number of nitrogens with zero attached hydrogens (tertiary/aromatic N) is 2. The number of benzene rings is 2. The highest BCUT2D eigenvalue weighted by Gasteiger charge is 2.46. The number of amides is 2. The third-order valence-electron chi connectivity index (χ3n) is 6.57. The van der Waals surface area contributed by atoms with Crippen LogP contribution in [0.5, 0.6) is 0 Å². The van der Waals surface area contributed by atoms with Crippen molar-refractivity contribution in [3.8, 4) is 0 Å². The van der Waals surface area contributed by atoms with Crippen molar-refractivity contribution in [1.29, 1.82) is 0 Å². The van der Waals surface area contributed by atoms with Crippen LogP contribution < -0.4 is 4.90 Å². The average molecular weight is 422 g/mol. The number of para-hydroxylation sites is 1. The molecule has 2 aliphatic heterocycles. The molecule has 0 bridgehead atoms. The van der Waals surface area contributed by atoms with E-state index in [1.165, 1.54) is 10.5 Å². The fourth-order valence-electron chi connectivity index (χ4n) is 5.05. The van der Waals surface area contributed by atoms with Gasteiger partial charge in [-0.05, 0) is 55.2 Å². The highest BCUT2D eigenvalue weighted by atomic mass is 35.5. The standard InChI is InChI=1S/C24H24ClN3O2/c1-3-15-6-4-5-7-20(15)28-22(29)13-21(24(28)30)27-11-10-17-18-12-16(25)8-9-19(18)26-23(17)14(27)2/h4-9,12,14,21,26H,3,10-11,13H2,1-2H3. The van der Waals surface area contributed by atoms with Crippen LogP contribution in [0.3, 0.4) is 0 Å². The van der Waals surface area contributed by atoms with Crippen LogP contribution in [-0.4, -0.2) is 34.3 Å². The highest BCUT2D eigenvalue weighted by Crippen LogP contribution is 2.39. The average Bonchev–Trinajstić information content (AvgIpc) is 3.25. The maximum Gasteiger partial charge on any atom is 0.251 e. The molecule has 1 aromatic heterocycles. The first-order valence-electron chi connectivity index (χ1n) is 10.5. The Morgan fingerprint density at radius 1 is 1.17 bits per heavy atom. The lowest BCUT2D eigenvalue weighted by Crippen LogP contribution is -2.46. The first kappa shape index (κ1) is 19.3. The van der Waals surface area contributed by atoms with Crippen molar-refractivity contribution in [3.05, 3.63) is 64.3 Å². The SMILES string of the molecule is CCc1ccccc1N1C(=O)CC(N2CCc3c([nH]c4ccc(Cl)cc34)C2C)C1=O. The molecular weight excluding hydrogens is 398 g/mol. The van der Waals surface area contributed by atoms with Gasteiger partial charge in [0.2, 0.25) is 5.91 Å². The second kappa shape index (κ2) is 7.25. The lowest BCUT2D eigenvalue weighted by molar-refractivity contribution is -0.123. The summed E-state index contributed by atoms with van der Waals surface area (Å²) in [5.74, 6) is -0.234. The molecule has 1 fully saturated rings. The van der Waals surface area contributed by atoms with Crippen molar-refractivity contribution in [2.45, 2.75) is 45.2 Å². The van der Waals surface area contributed by atoms with E-state index in [0.29, 0.717) is 0 Å². The van der Waals surface area contributed by atoms with Gasteiger partial charge < -0.3 is 4.98 Å². The van der Waals surface area contributed by atoms with Gasteiger partial charge in [0, 0.05) is 34.2 Å². The number of fused-ring (bicyclic) bond motifs is 3. The molecule has 3 aromatic rings. The maximum atomic E-state index is 13.4. The van der Waals surface area contributed by atoms with Gasteiger partial charge in [-0.15, -0.1) is 0 Å². The number of imide groups is 1. The lowest BCUT2D eigenvalue weighted by atomic mass is 9.96. The molecule has 2 aliphatic rings. The third-order valence-corrected chi connectivity index (χ3v) is 6.81. The van der Waals surface area contributed by atoms with Gasteiger partial charge in [-0.1, -0.05) is 36.7 Å². The maximum absolute atomic E-state index is 13.4. The number of H-pyrrole nitrogens is 1. The Balaban J connectivity index is 1.48. The Morgan fingerprint density at radius 2 is 1.97 bits per heavy atom. The number of anilines is 1. The van der Waals surface area contributed by atoms with Crippen LogP contribution in [0.2, 0.25) is 5.02 Å². The number of carbonyl (C=O) groups excluding carboxylic acids is 2. The van der Waals surface area contributed by atoms with Gasteiger partial charge >= 0.3 is 0 Å². The molecule has 1 saturated heterocycles. The first-order chi connectivity index (χ1) is 14.5. The molecule has 1 N–H and O–H groups in total. The van der Waals surface area contributed by atoms with Gasteiger partial charge in [0.25, 0.3) is 5.91 Å². The normalized spacial score (nSPS) is 22.2. The van der Waals surface area contributed by atoms with Crippen molar-refractivity contribution < 1.29 is 9.59 Å². The number of aromatic amines is 1. The summed E-state index contributed by atoms with van der Waals surface area (Å²) < 4.78 is 0. The topological polar surface area (TPSA) is 56.4 Å². The molecule has 154 valence electrons. The van der Waals surface area contributed by atoms with Gasteiger partial charge in [0.05, 0.1) is 18.2 Å². The number of hydrogen-bond donors (Lipinski definition) is 1. The fraction of sp³-hybridized carbons (Fsp3) is 0.333. The quantitative estimate of drug-likeness (QED) is 0.627. The summed E-state index contributed by atoms with van der Waals surface area (Å²) in [5.41, 5.74) is 5.18. The Morgan fingerprint density at radius 3 is 2.77 bits per heavy atom. The fourth-order valence-corrected chi connectivity index (χ4v) is 5.22. The summed E-state index contributed by atoms with van der Waals surface area (Å²) in [6.45, 7) is 4.88. The van der Waals surface area contributed by atoms with Crippen LogP contribution in [0.25, 0.3) is 10.9 Å². The Bertz CT molecular complexity index is 1170. The minimum Gasteiger partial charge on any atom is -0.357 e. The van der Waals surface area contributed by atoms with Crippen molar-refractivity contribution in [1.82, 2.24) is 9.88 Å². The predicted octanol–water partition coefficient (Wildman–Crippen LogP) is 4.63. The predicted molar refractivity (Wildman–Crippen MR) is 119 cm³/mol. The number of aromatic nitrogens is 1. The van der Waals surface area contributed by atoms with E-state index < -0.39 is 6.04 Å². The molecule has 5 rings (SSSR count). The van der Waals surface area contributed by atoms with Crippen LogP contribution >= 0.6 is 11.6 Å². The number of carbonyl (C=O) groups is 2. The Hall–Kier alpha value is -2.63. The summed E-state index contributed by atoms with van der Waals surface area (Å²) in [7, 11) is 0. The van der Waals surface area contributed by atoms with Crippen molar-refractivity contribution in [2.75, 3.05) is 11.4 Å². The molecule has 30 heavy (non-hydrogen) atoms. The molecule has 3 heterocycles. The van der Waals surface area contributed by atoms with E-state index in [1.807, 2.05) is 49.4 Å². The van der Waals surface area contributed by atoms with E-state index in [-0.39, 0.29) is 24.3 Å². The van der Waals surface area contributed by atoms with Gasteiger partial charge in [-0.3, -0.25) is 14.5 Å². The van der Waals surface area contributed by atoms with Crippen LogP contribution in [-0.2, 0) is 22.4 Å². The van der Waals surface area contributed by atoms with E-state index in [9.17, 15) is 9.59 Å². The van der Waals surface area contributed by atoms with E-state index in [0.717, 1.165) is 52.3 Å². The number of hydrogen-bond acceptors (Lipinski definition) is 3. The van der Waals surface area contributed by atoms with E-state index in [2.05, 4.69) is 16.8 Å². The monoisotopic (exact) mass is 421 g/mol. The zero-order valence-electron chi connectivity index (χ0n) is 17.1. The molecule has 0 aliphatic carbocycles. The molecule has 0 spiro atoms. The smallest absolute Gasteiger partial charge is 0.251 e. The zero-order valence-corrected chi connectivity index (χ0v) is 17.9. The number of nitrogens with one attached hydrogen (secondary N) is 1. The second-order valence-electron chi connectivity index (χ2n) is 8.14. The molecule has 0 radical (unpaired) electrons. The molecular formula is C24H24ClN3O2. The summed E-state index contributed by atoms with van der Waals surface area (Å²) in [5, 5.41) is 1.87. The first-order valence-corrected chi connectivity index (χ1v) is 10.9. The zero-order chi connectivity index (χ0) is 21.0. The number of aryl methyl sites for hydroxylation is 1. The largest absolute Gasteiger partial charge is 0.357 e. The van der Waals surface area contributed by atoms with Crippen LogP contribution in [0.4, 0.5) is 5.69 Å². The third kappa shape index (κ3) is 2.88. The van der Waals surface area contributed by atoms with Crippen molar-refractivity contribution >= 4 is 40.0 Å². The van der Waals surface area contributed by atoms with E-state index in [4.69, 9.17) is 11.6 Å². The van der Waals surface area contributed by atoms with Gasteiger partial charge in [0.1, 0.15) is 0 Å². The Kier molecular flexibility index (Phi) is 4.68. The summed E-state index contributed by atoms with van der Waals surface area (Å²) in [6.07, 6.45) is 1.82. The minimum absolute atomic E-state index is 0.0167. The lowest BCUT2D eigenvalue weighted by Gasteiger charge is -2.36. The van der Waals surface area contributed by atoms with Gasteiger partial charge in [-0.25, -0.2) is 4.90 Å². The van der Waals surface area contributed by atoms with E-state index >= 15 is 0 Å². The summed E-state index contributed by atoms with van der Waals surface area (Å²) >= 11 is 6.21. The van der Waals surface area contributed by atoms with Gasteiger partial charge in [0.15, 0.2) is 0 Å². The second-order valence-corrected chi connectivity index (χ2v) is 8.58. The number of rotatable bonds is 3. The molecule has 2 amide bonds. The molecule has 6 heteroatoms. The van der Waals surface area contributed by atoms with Crippen molar-refractivity contribution in [2.24, 2.45) is 0 Å². The highest BCUT2D eigenvalue weighted by molar-refractivity contribution is 6.31. The molecule has 2 unspecified atom stereocenters. The van der Waals surface area contributed by atoms with Crippen LogP contribution in [0.15, 0.2) is 42.5 Å². The summed E-state index contributed by atoms with van der Waals surface area (Å²) in [4.78, 5) is 33.4. The Labute approximate surface area is 180 Å². The van der Waals surface area contributed by atoms with Crippen LogP contribution in [0, 0.1) is 0 Å². The van der Waals surface area contributed by atoms with E-state index in [1.54, 1.807) is 0 Å². The molecule has 2 atom stereocenters. The van der Waals surface area contributed by atoms with Crippen LogP contribution in [0.1, 0.15) is 43.1 Å². The molecule has 2 aromatic carbocycles. The van der Waals surface area contributed by atoms with Gasteiger partial charge in [-0.2, -0.15) is 0 Å². The number of halogens is 1. The minimum atomic E-state index is -0.430. The molecule has 5 nitrogen and oxygen atoms in total. The molecule has 0 saturated carbocycles. The van der Waals surface area contributed by atoms with Crippen molar-refractivity contribution in [3.63, 3.8) is 0 Å².